The lowest BCUT2D eigenvalue weighted by molar-refractivity contribution is 0.269. The molecule has 0 unspecified atom stereocenters. The Bertz CT molecular complexity index is 911. The molecule has 0 saturated carbocycles. The van der Waals surface area contributed by atoms with Crippen LogP contribution < -0.4 is 14.8 Å². The van der Waals surface area contributed by atoms with E-state index in [0.717, 1.165) is 11.1 Å². The number of nitrogens with zero attached hydrogens (tertiary/aromatic N) is 4. The van der Waals surface area contributed by atoms with Crippen LogP contribution in [0.15, 0.2) is 55.1 Å². The molecule has 0 spiro atoms. The summed E-state index contributed by atoms with van der Waals surface area (Å²) >= 11 is 5.92. The summed E-state index contributed by atoms with van der Waals surface area (Å²) in [5.41, 5.74) is 2.06. The molecule has 0 radical (unpaired) electrons. The number of allylic oxidation sites excluding steroid dienone is 1. The van der Waals surface area contributed by atoms with E-state index >= 15 is 0 Å². The van der Waals surface area contributed by atoms with Crippen LogP contribution >= 0.6 is 11.6 Å². The molecular weight excluding hydrogens is 378 g/mol. The van der Waals surface area contributed by atoms with Gasteiger partial charge in [0, 0.05) is 11.6 Å². The predicted octanol–water partition coefficient (Wildman–Crippen LogP) is 4.10. The van der Waals surface area contributed by atoms with Gasteiger partial charge in [-0.1, -0.05) is 41.0 Å². The van der Waals surface area contributed by atoms with Crippen molar-refractivity contribution in [2.45, 2.75) is 26.6 Å². The summed E-state index contributed by atoms with van der Waals surface area (Å²) in [5.74, 6) is 1.97. The molecule has 3 aromatic rings. The number of rotatable bonds is 10. The maximum absolute atomic E-state index is 5.94. The molecule has 0 saturated heterocycles. The van der Waals surface area contributed by atoms with Crippen molar-refractivity contribution in [1.82, 2.24) is 20.2 Å². The molecule has 0 aliphatic carbocycles. The number of benzene rings is 2. The maximum atomic E-state index is 5.94. The molecular formula is C20H22ClN5O2. The van der Waals surface area contributed by atoms with Gasteiger partial charge in [-0.3, -0.25) is 0 Å². The van der Waals surface area contributed by atoms with Gasteiger partial charge in [-0.25, -0.2) is 4.68 Å². The van der Waals surface area contributed by atoms with Gasteiger partial charge in [-0.2, -0.15) is 0 Å². The highest BCUT2D eigenvalue weighted by molar-refractivity contribution is 6.30. The van der Waals surface area contributed by atoms with Crippen LogP contribution in [-0.2, 0) is 19.7 Å². The van der Waals surface area contributed by atoms with Gasteiger partial charge < -0.3 is 14.8 Å². The van der Waals surface area contributed by atoms with Crippen LogP contribution in [0, 0.1) is 0 Å². The first-order valence-corrected chi connectivity index (χ1v) is 9.31. The Morgan fingerprint density at radius 3 is 2.64 bits per heavy atom. The zero-order valence-corrected chi connectivity index (χ0v) is 16.4. The van der Waals surface area contributed by atoms with E-state index in [0.29, 0.717) is 48.8 Å². The van der Waals surface area contributed by atoms with E-state index in [2.05, 4.69) is 27.4 Å². The van der Waals surface area contributed by atoms with Crippen molar-refractivity contribution >= 4 is 17.5 Å². The largest absolute Gasteiger partial charge is 0.490 e. The van der Waals surface area contributed by atoms with Crippen LogP contribution in [-0.4, -0.2) is 26.8 Å². The third kappa shape index (κ3) is 5.23. The van der Waals surface area contributed by atoms with Crippen molar-refractivity contribution in [3.8, 4) is 11.5 Å². The quantitative estimate of drug-likeness (QED) is 0.517. The average molecular weight is 400 g/mol. The molecule has 7 nitrogen and oxygen atoms in total. The molecule has 0 aliphatic heterocycles. The number of ether oxygens (including phenoxy) is 2. The number of tetrazole rings is 1. The standard InChI is InChI=1S/C20H22ClN5O2/c1-3-11-26-20(23-24-25-26)22-13-16-7-10-18(19(12-16)27-4-2)28-14-15-5-8-17(21)9-6-15/h3,5-10,12H,1,4,11,13-14H2,2H3,(H,22,23,25). The van der Waals surface area contributed by atoms with E-state index in [9.17, 15) is 0 Å². The fourth-order valence-corrected chi connectivity index (χ4v) is 2.68. The zero-order chi connectivity index (χ0) is 19.8. The van der Waals surface area contributed by atoms with Crippen molar-refractivity contribution in [3.05, 3.63) is 71.3 Å². The van der Waals surface area contributed by atoms with Crippen LogP contribution in [0.25, 0.3) is 0 Å². The van der Waals surface area contributed by atoms with Crippen LogP contribution in [0.1, 0.15) is 18.1 Å². The molecule has 3 rings (SSSR count). The fourth-order valence-electron chi connectivity index (χ4n) is 2.55. The Labute approximate surface area is 168 Å². The van der Waals surface area contributed by atoms with Crippen molar-refractivity contribution in [3.63, 3.8) is 0 Å². The van der Waals surface area contributed by atoms with Crippen molar-refractivity contribution in [2.75, 3.05) is 11.9 Å². The summed E-state index contributed by atoms with van der Waals surface area (Å²) in [6.45, 7) is 7.71. The second kappa shape index (κ2) is 9.75. The van der Waals surface area contributed by atoms with Crippen molar-refractivity contribution < 1.29 is 9.47 Å². The molecule has 8 heteroatoms. The summed E-state index contributed by atoms with van der Waals surface area (Å²) < 4.78 is 13.3. The Morgan fingerprint density at radius 1 is 1.11 bits per heavy atom. The highest BCUT2D eigenvalue weighted by atomic mass is 35.5. The van der Waals surface area contributed by atoms with E-state index in [-0.39, 0.29) is 0 Å². The molecule has 146 valence electrons. The first-order chi connectivity index (χ1) is 13.7. The second-order valence-electron chi connectivity index (χ2n) is 5.96. The molecule has 0 atom stereocenters. The van der Waals surface area contributed by atoms with Crippen LogP contribution in [0.5, 0.6) is 11.5 Å². The number of anilines is 1. The number of hydrogen-bond acceptors (Lipinski definition) is 6. The van der Waals surface area contributed by atoms with Gasteiger partial charge in [0.2, 0.25) is 5.95 Å². The second-order valence-corrected chi connectivity index (χ2v) is 6.39. The third-order valence-electron chi connectivity index (χ3n) is 3.90. The monoisotopic (exact) mass is 399 g/mol. The van der Waals surface area contributed by atoms with Gasteiger partial charge in [0.1, 0.15) is 6.61 Å². The summed E-state index contributed by atoms with van der Waals surface area (Å²) in [7, 11) is 0. The van der Waals surface area contributed by atoms with E-state index in [1.165, 1.54) is 0 Å². The summed E-state index contributed by atoms with van der Waals surface area (Å²) in [5, 5.41) is 15.5. The fraction of sp³-hybridized carbons (Fsp3) is 0.250. The molecule has 1 heterocycles. The number of hydrogen-bond donors (Lipinski definition) is 1. The first-order valence-electron chi connectivity index (χ1n) is 8.93. The van der Waals surface area contributed by atoms with Crippen LogP contribution in [0.4, 0.5) is 5.95 Å². The Kier molecular flexibility index (Phi) is 6.86. The molecule has 1 N–H and O–H groups in total. The van der Waals surface area contributed by atoms with Crippen molar-refractivity contribution in [1.29, 1.82) is 0 Å². The van der Waals surface area contributed by atoms with E-state index in [1.54, 1.807) is 10.8 Å². The van der Waals surface area contributed by atoms with E-state index in [1.807, 2.05) is 49.4 Å². The lowest BCUT2D eigenvalue weighted by Crippen LogP contribution is -2.08. The lowest BCUT2D eigenvalue weighted by atomic mass is 10.2. The summed E-state index contributed by atoms with van der Waals surface area (Å²) in [4.78, 5) is 0. The molecule has 2 aromatic carbocycles. The number of aromatic nitrogens is 4. The molecule has 1 aromatic heterocycles. The molecule has 0 amide bonds. The average Bonchev–Trinajstić information content (AvgIpc) is 3.14. The van der Waals surface area contributed by atoms with Gasteiger partial charge in [-0.05, 0) is 52.7 Å². The van der Waals surface area contributed by atoms with Gasteiger partial charge in [0.05, 0.1) is 13.2 Å². The zero-order valence-electron chi connectivity index (χ0n) is 15.6. The highest BCUT2D eigenvalue weighted by Crippen LogP contribution is 2.29. The normalized spacial score (nSPS) is 10.5. The molecule has 28 heavy (non-hydrogen) atoms. The molecule has 0 aliphatic rings. The number of halogens is 1. The number of nitrogens with one attached hydrogen (secondary N) is 1. The lowest BCUT2D eigenvalue weighted by Gasteiger charge is -2.14. The van der Waals surface area contributed by atoms with Crippen LogP contribution in [0.2, 0.25) is 5.02 Å². The maximum Gasteiger partial charge on any atom is 0.243 e. The predicted molar refractivity (Wildman–Crippen MR) is 109 cm³/mol. The summed E-state index contributed by atoms with van der Waals surface area (Å²) in [6.07, 6.45) is 1.74. The minimum Gasteiger partial charge on any atom is -0.490 e. The topological polar surface area (TPSA) is 74.1 Å². The SMILES string of the molecule is C=CCn1nnnc1NCc1ccc(OCc2ccc(Cl)cc2)c(OCC)c1. The first kappa shape index (κ1) is 19.7. The van der Waals surface area contributed by atoms with E-state index < -0.39 is 0 Å². The van der Waals surface area contributed by atoms with Crippen LogP contribution in [0.3, 0.4) is 0 Å². The minimum atomic E-state index is 0.436. The Hall–Kier alpha value is -3.06. The highest BCUT2D eigenvalue weighted by Gasteiger charge is 2.09. The van der Waals surface area contributed by atoms with Gasteiger partial charge >= 0.3 is 0 Å². The Balaban J connectivity index is 1.66. The smallest absolute Gasteiger partial charge is 0.243 e. The van der Waals surface area contributed by atoms with E-state index in [4.69, 9.17) is 21.1 Å². The molecule has 0 bridgehead atoms. The minimum absolute atomic E-state index is 0.436. The van der Waals surface area contributed by atoms with Gasteiger partial charge in [0.15, 0.2) is 11.5 Å². The molecule has 0 fully saturated rings. The van der Waals surface area contributed by atoms with Gasteiger partial charge in [-0.15, -0.1) is 6.58 Å². The van der Waals surface area contributed by atoms with Gasteiger partial charge in [0.25, 0.3) is 0 Å². The van der Waals surface area contributed by atoms with Crippen molar-refractivity contribution in [2.24, 2.45) is 0 Å². The Morgan fingerprint density at radius 2 is 1.89 bits per heavy atom. The summed E-state index contributed by atoms with van der Waals surface area (Å²) in [6, 6.07) is 13.4. The third-order valence-corrected chi connectivity index (χ3v) is 4.15.